The number of carbonyl (C=O) groups is 1. The number of hydrogen-bond donors (Lipinski definition) is 0. The van der Waals surface area contributed by atoms with Gasteiger partial charge in [-0.2, -0.15) is 0 Å². The Bertz CT molecular complexity index is 292. The number of aromatic nitrogens is 1. The van der Waals surface area contributed by atoms with Crippen molar-refractivity contribution in [2.45, 2.75) is 6.92 Å². The van der Waals surface area contributed by atoms with Gasteiger partial charge in [0.1, 0.15) is 5.69 Å². The van der Waals surface area contributed by atoms with Gasteiger partial charge in [-0.15, -0.1) is 11.3 Å². The van der Waals surface area contributed by atoms with Crippen LogP contribution in [0.25, 0.3) is 0 Å². The second-order valence-corrected chi connectivity index (χ2v) is 2.43. The largest absolute Gasteiger partial charge is 0.296 e. The van der Waals surface area contributed by atoms with E-state index in [2.05, 4.69) is 16.8 Å². The Hall–Kier alpha value is -1.14. The third-order valence-electron chi connectivity index (χ3n) is 0.875. The van der Waals surface area contributed by atoms with Crippen LogP contribution < -0.4 is 0 Å². The molecule has 0 bridgehead atoms. The minimum Gasteiger partial charge on any atom is -0.296 e. The van der Waals surface area contributed by atoms with Gasteiger partial charge in [0.05, 0.1) is 0 Å². The molecule has 0 radical (unpaired) electrons. The molecule has 1 heterocycles. The van der Waals surface area contributed by atoms with Crippen LogP contribution in [0.5, 0.6) is 0 Å². The zero-order valence-corrected chi connectivity index (χ0v) is 6.23. The third kappa shape index (κ3) is 1.42. The van der Waals surface area contributed by atoms with E-state index in [1.165, 1.54) is 11.3 Å². The summed E-state index contributed by atoms with van der Waals surface area (Å²) in [5.41, 5.74) is 0.461. The summed E-state index contributed by atoms with van der Waals surface area (Å²) in [6, 6.07) is 0. The first-order valence-electron chi connectivity index (χ1n) is 2.70. The van der Waals surface area contributed by atoms with Crippen molar-refractivity contribution in [3.8, 4) is 11.8 Å². The van der Waals surface area contributed by atoms with Crippen molar-refractivity contribution in [3.05, 3.63) is 16.1 Å². The topological polar surface area (TPSA) is 30.0 Å². The number of rotatable bonds is 1. The van der Waals surface area contributed by atoms with Gasteiger partial charge in [-0.25, -0.2) is 4.98 Å². The molecule has 0 N–H and O–H groups in total. The molecule has 0 aromatic carbocycles. The van der Waals surface area contributed by atoms with E-state index < -0.39 is 0 Å². The Kier molecular flexibility index (Phi) is 2.19. The predicted molar refractivity (Wildman–Crippen MR) is 40.1 cm³/mol. The smallest absolute Gasteiger partial charge is 0.169 e. The average Bonchev–Trinajstić information content (AvgIpc) is 2.37. The van der Waals surface area contributed by atoms with Crippen LogP contribution in [0.2, 0.25) is 0 Å². The highest BCUT2D eigenvalue weighted by Gasteiger charge is 1.94. The fourth-order valence-corrected chi connectivity index (χ4v) is 1.16. The van der Waals surface area contributed by atoms with E-state index in [4.69, 9.17) is 0 Å². The van der Waals surface area contributed by atoms with Crippen molar-refractivity contribution in [1.82, 2.24) is 4.98 Å². The predicted octanol–water partition coefficient (Wildman–Crippen LogP) is 1.33. The van der Waals surface area contributed by atoms with E-state index in [9.17, 15) is 4.79 Å². The molecule has 0 aliphatic heterocycles. The molecule has 1 rings (SSSR count). The molecule has 0 amide bonds. The molecule has 1 aromatic rings. The summed E-state index contributed by atoms with van der Waals surface area (Å²) in [5, 5.41) is 2.39. The SMILES string of the molecule is CC#Cc1nc(C=O)cs1. The first-order chi connectivity index (χ1) is 4.86. The molecule has 0 unspecified atom stereocenters. The molecule has 1 aromatic heterocycles. The molecule has 2 nitrogen and oxygen atoms in total. The van der Waals surface area contributed by atoms with Crippen molar-refractivity contribution < 1.29 is 4.79 Å². The Morgan fingerprint density at radius 3 is 3.10 bits per heavy atom. The molecule has 3 heteroatoms. The van der Waals surface area contributed by atoms with Crippen molar-refractivity contribution in [2.75, 3.05) is 0 Å². The van der Waals surface area contributed by atoms with Crippen molar-refractivity contribution in [1.29, 1.82) is 0 Å². The van der Waals surface area contributed by atoms with Crippen LogP contribution in [0.15, 0.2) is 5.38 Å². The van der Waals surface area contributed by atoms with Crippen LogP contribution in [0.3, 0.4) is 0 Å². The van der Waals surface area contributed by atoms with Crippen LogP contribution in [-0.4, -0.2) is 11.3 Å². The van der Waals surface area contributed by atoms with Crippen molar-refractivity contribution >= 4 is 17.6 Å². The molecule has 0 aliphatic rings. The Labute approximate surface area is 62.9 Å². The lowest BCUT2D eigenvalue weighted by atomic mass is 10.5. The summed E-state index contributed by atoms with van der Waals surface area (Å²) in [4.78, 5) is 14.0. The zero-order chi connectivity index (χ0) is 7.40. The van der Waals surface area contributed by atoms with Crippen LogP contribution >= 0.6 is 11.3 Å². The van der Waals surface area contributed by atoms with Gasteiger partial charge in [-0.3, -0.25) is 4.79 Å². The first kappa shape index (κ1) is 6.97. The van der Waals surface area contributed by atoms with Crippen LogP contribution in [0.1, 0.15) is 22.4 Å². The van der Waals surface area contributed by atoms with Crippen LogP contribution in [0, 0.1) is 11.8 Å². The number of nitrogens with zero attached hydrogens (tertiary/aromatic N) is 1. The van der Waals surface area contributed by atoms with Gasteiger partial charge >= 0.3 is 0 Å². The van der Waals surface area contributed by atoms with E-state index >= 15 is 0 Å². The maximum Gasteiger partial charge on any atom is 0.169 e. The zero-order valence-electron chi connectivity index (χ0n) is 5.42. The van der Waals surface area contributed by atoms with Gasteiger partial charge in [-0.1, -0.05) is 5.92 Å². The molecule has 0 aliphatic carbocycles. The van der Waals surface area contributed by atoms with Gasteiger partial charge < -0.3 is 0 Å². The first-order valence-corrected chi connectivity index (χ1v) is 3.58. The highest BCUT2D eigenvalue weighted by molar-refractivity contribution is 7.10. The molecule has 0 saturated carbocycles. The minimum absolute atomic E-state index is 0.461. The summed E-state index contributed by atoms with van der Waals surface area (Å²) in [6.45, 7) is 1.74. The van der Waals surface area contributed by atoms with Gasteiger partial charge in [0.25, 0.3) is 0 Å². The van der Waals surface area contributed by atoms with E-state index in [1.807, 2.05) is 0 Å². The maximum atomic E-state index is 10.1. The Morgan fingerprint density at radius 1 is 1.80 bits per heavy atom. The second-order valence-electron chi connectivity index (χ2n) is 1.57. The average molecular weight is 151 g/mol. The van der Waals surface area contributed by atoms with Gasteiger partial charge in [-0.05, 0) is 12.8 Å². The molecular weight excluding hydrogens is 146 g/mol. The number of thiazole rings is 1. The van der Waals surface area contributed by atoms with E-state index in [0.29, 0.717) is 10.7 Å². The van der Waals surface area contributed by atoms with E-state index in [0.717, 1.165) is 6.29 Å². The van der Waals surface area contributed by atoms with Crippen molar-refractivity contribution in [3.63, 3.8) is 0 Å². The summed E-state index contributed by atoms with van der Waals surface area (Å²) in [5.74, 6) is 5.46. The fourth-order valence-electron chi connectivity index (χ4n) is 0.505. The van der Waals surface area contributed by atoms with Crippen LogP contribution in [-0.2, 0) is 0 Å². The molecule has 10 heavy (non-hydrogen) atoms. The van der Waals surface area contributed by atoms with Gasteiger partial charge in [0.2, 0.25) is 0 Å². The molecule has 0 atom stereocenters. The molecule has 50 valence electrons. The highest BCUT2D eigenvalue weighted by atomic mass is 32.1. The quantitative estimate of drug-likeness (QED) is 0.447. The number of carbonyl (C=O) groups excluding carboxylic acids is 1. The lowest BCUT2D eigenvalue weighted by molar-refractivity contribution is 0.111. The molecular formula is C7H5NOS. The van der Waals surface area contributed by atoms with E-state index in [-0.39, 0.29) is 0 Å². The normalized spacial score (nSPS) is 8.10. The second kappa shape index (κ2) is 3.14. The Balaban J connectivity index is 2.95. The summed E-state index contributed by atoms with van der Waals surface area (Å²) >= 11 is 1.38. The summed E-state index contributed by atoms with van der Waals surface area (Å²) < 4.78 is 0. The number of aldehydes is 1. The standard InChI is InChI=1S/C7H5NOS/c1-2-3-7-8-6(4-9)5-10-7/h4-5H,1H3. The maximum absolute atomic E-state index is 10.1. The van der Waals surface area contributed by atoms with Crippen LogP contribution in [0.4, 0.5) is 0 Å². The lowest BCUT2D eigenvalue weighted by Crippen LogP contribution is -1.77. The third-order valence-corrected chi connectivity index (χ3v) is 1.65. The minimum atomic E-state index is 0.461. The fraction of sp³-hybridized carbons (Fsp3) is 0.143. The van der Waals surface area contributed by atoms with Gasteiger partial charge in [0, 0.05) is 5.38 Å². The highest BCUT2D eigenvalue weighted by Crippen LogP contribution is 2.05. The summed E-state index contributed by atoms with van der Waals surface area (Å²) in [7, 11) is 0. The van der Waals surface area contributed by atoms with Gasteiger partial charge in [0.15, 0.2) is 11.3 Å². The lowest BCUT2D eigenvalue weighted by Gasteiger charge is -1.72. The Morgan fingerprint density at radius 2 is 2.60 bits per heavy atom. The molecule has 0 saturated heterocycles. The number of hydrogen-bond acceptors (Lipinski definition) is 3. The van der Waals surface area contributed by atoms with Crippen molar-refractivity contribution in [2.24, 2.45) is 0 Å². The molecule has 0 spiro atoms. The van der Waals surface area contributed by atoms with E-state index in [1.54, 1.807) is 12.3 Å². The molecule has 0 fully saturated rings. The monoisotopic (exact) mass is 151 g/mol. The summed E-state index contributed by atoms with van der Waals surface area (Å²) in [6.07, 6.45) is 0.720.